The molecule has 2 saturated heterocycles. The van der Waals surface area contributed by atoms with Crippen molar-refractivity contribution in [2.24, 2.45) is 11.8 Å². The van der Waals surface area contributed by atoms with Crippen molar-refractivity contribution in [1.82, 2.24) is 4.90 Å². The fourth-order valence-electron chi connectivity index (χ4n) is 5.91. The highest BCUT2D eigenvalue weighted by Crippen LogP contribution is 2.61. The molecule has 0 radical (unpaired) electrons. The van der Waals surface area contributed by atoms with Gasteiger partial charge in [0.05, 0.1) is 42.9 Å². The van der Waals surface area contributed by atoms with Crippen LogP contribution in [0.1, 0.15) is 26.2 Å². The predicted molar refractivity (Wildman–Crippen MR) is 137 cm³/mol. The van der Waals surface area contributed by atoms with E-state index >= 15 is 0 Å². The summed E-state index contributed by atoms with van der Waals surface area (Å²) in [4.78, 5) is 44.8. The van der Waals surface area contributed by atoms with Crippen LogP contribution in [0.4, 0.5) is 5.69 Å². The molecule has 5 rings (SSSR count). The van der Waals surface area contributed by atoms with Crippen LogP contribution in [0.25, 0.3) is 0 Å². The number of allylic oxidation sites excluding steroid dienone is 1. The molecule has 1 aromatic rings. The molecule has 0 aromatic heterocycles. The largest absolute Gasteiger partial charge is 0.497 e. The molecule has 1 aromatic carbocycles. The van der Waals surface area contributed by atoms with Gasteiger partial charge in [0.2, 0.25) is 5.91 Å². The lowest BCUT2D eigenvalue weighted by molar-refractivity contribution is -0.153. The van der Waals surface area contributed by atoms with E-state index in [1.807, 2.05) is 30.4 Å². The van der Waals surface area contributed by atoms with Gasteiger partial charge in [-0.15, -0.1) is 11.8 Å². The highest BCUT2D eigenvalue weighted by molar-refractivity contribution is 8.02. The third kappa shape index (κ3) is 3.93. The molecule has 1 N–H and O–H groups in total. The topological polar surface area (TPSA) is 96.4 Å². The fourth-order valence-corrected chi connectivity index (χ4v) is 7.90. The minimum absolute atomic E-state index is 0.227. The lowest BCUT2D eigenvalue weighted by Crippen LogP contribution is -2.56. The zero-order valence-electron chi connectivity index (χ0n) is 20.5. The average molecular weight is 513 g/mol. The van der Waals surface area contributed by atoms with Crippen LogP contribution in [0, 0.1) is 11.8 Å². The third-order valence-corrected chi connectivity index (χ3v) is 9.41. The summed E-state index contributed by atoms with van der Waals surface area (Å²) in [7, 11) is 1.58. The third-order valence-electron chi connectivity index (χ3n) is 7.66. The summed E-state index contributed by atoms with van der Waals surface area (Å²) in [5.74, 6) is -1.66. The van der Waals surface area contributed by atoms with Crippen LogP contribution in [0.2, 0.25) is 0 Å². The van der Waals surface area contributed by atoms with Crippen LogP contribution in [0.3, 0.4) is 0 Å². The Morgan fingerprint density at radius 1 is 1.17 bits per heavy atom. The number of hydrogen-bond donors (Lipinski definition) is 1. The van der Waals surface area contributed by atoms with Gasteiger partial charge in [0, 0.05) is 17.5 Å². The number of benzene rings is 1. The van der Waals surface area contributed by atoms with Crippen LogP contribution in [-0.2, 0) is 19.1 Å². The number of aliphatic hydroxyl groups is 1. The molecular weight excluding hydrogens is 480 g/mol. The van der Waals surface area contributed by atoms with Gasteiger partial charge in [0.25, 0.3) is 5.91 Å². The van der Waals surface area contributed by atoms with E-state index in [1.165, 1.54) is 16.7 Å². The monoisotopic (exact) mass is 512 g/mol. The van der Waals surface area contributed by atoms with E-state index in [9.17, 15) is 19.5 Å². The lowest BCUT2D eigenvalue weighted by Gasteiger charge is -2.37. The second kappa shape index (κ2) is 9.94. The number of hydrogen-bond acceptors (Lipinski definition) is 7. The van der Waals surface area contributed by atoms with E-state index in [0.717, 1.165) is 19.3 Å². The number of carbonyl (C=O) groups excluding carboxylic acids is 3. The van der Waals surface area contributed by atoms with Crippen LogP contribution in [0.15, 0.2) is 48.6 Å². The lowest BCUT2D eigenvalue weighted by atomic mass is 9.78. The summed E-state index contributed by atoms with van der Waals surface area (Å²) in [6.07, 6.45) is 10.6. The van der Waals surface area contributed by atoms with Gasteiger partial charge in [-0.2, -0.15) is 0 Å². The van der Waals surface area contributed by atoms with Crippen molar-refractivity contribution in [1.29, 1.82) is 0 Å². The molecule has 0 bridgehead atoms. The number of anilines is 1. The molecule has 9 heteroatoms. The van der Waals surface area contributed by atoms with E-state index in [2.05, 4.69) is 6.08 Å². The molecule has 4 heterocycles. The van der Waals surface area contributed by atoms with Crippen LogP contribution in [-0.4, -0.2) is 76.7 Å². The molecule has 2 fully saturated rings. The minimum Gasteiger partial charge on any atom is -0.497 e. The number of cyclic esters (lactones) is 1. The zero-order valence-corrected chi connectivity index (χ0v) is 21.4. The van der Waals surface area contributed by atoms with Crippen LogP contribution >= 0.6 is 11.8 Å². The van der Waals surface area contributed by atoms with Gasteiger partial charge in [-0.05, 0) is 50.5 Å². The second-order valence-corrected chi connectivity index (χ2v) is 11.2. The van der Waals surface area contributed by atoms with Crippen molar-refractivity contribution in [2.45, 2.75) is 48.3 Å². The van der Waals surface area contributed by atoms with Crippen molar-refractivity contribution in [2.75, 3.05) is 31.8 Å². The van der Waals surface area contributed by atoms with Crippen molar-refractivity contribution in [3.05, 3.63) is 48.6 Å². The second-order valence-electron chi connectivity index (χ2n) is 9.76. The Labute approximate surface area is 215 Å². The van der Waals surface area contributed by atoms with Gasteiger partial charge in [0.15, 0.2) is 0 Å². The first-order valence-corrected chi connectivity index (χ1v) is 13.4. The Morgan fingerprint density at radius 2 is 1.94 bits per heavy atom. The molecular formula is C27H32N2O6S. The molecule has 2 amide bonds. The van der Waals surface area contributed by atoms with Gasteiger partial charge in [-0.3, -0.25) is 14.4 Å². The number of fused-ring (bicyclic) bond motifs is 2. The van der Waals surface area contributed by atoms with Gasteiger partial charge in [-0.1, -0.05) is 24.3 Å². The molecule has 4 aliphatic heterocycles. The van der Waals surface area contributed by atoms with Crippen molar-refractivity contribution >= 4 is 35.2 Å². The Balaban J connectivity index is 1.60. The maximum atomic E-state index is 14.3. The van der Waals surface area contributed by atoms with E-state index in [4.69, 9.17) is 9.47 Å². The number of esters is 1. The molecule has 1 unspecified atom stereocenters. The van der Waals surface area contributed by atoms with Crippen LogP contribution in [0.5, 0.6) is 5.75 Å². The smallest absolute Gasteiger partial charge is 0.311 e. The van der Waals surface area contributed by atoms with E-state index in [0.29, 0.717) is 24.6 Å². The van der Waals surface area contributed by atoms with E-state index < -0.39 is 28.7 Å². The Morgan fingerprint density at radius 3 is 2.67 bits per heavy atom. The number of ether oxygens (including phenoxy) is 2. The summed E-state index contributed by atoms with van der Waals surface area (Å²) in [5, 5.41) is 9.76. The number of nitrogens with zero attached hydrogens (tertiary/aromatic N) is 2. The number of amides is 2. The summed E-state index contributed by atoms with van der Waals surface area (Å²) in [5.41, 5.74) is 0.691. The normalized spacial score (nSPS) is 33.8. The summed E-state index contributed by atoms with van der Waals surface area (Å²) in [6, 6.07) is 5.79. The number of likely N-dealkylation sites (tertiary alicyclic amines) is 1. The number of carbonyl (C=O) groups is 3. The Hall–Kier alpha value is -2.78. The number of aliphatic hydroxyl groups excluding tert-OH is 1. The molecule has 8 nitrogen and oxygen atoms in total. The fraction of sp³-hybridized carbons (Fsp3) is 0.519. The standard InChI is InChI=1S/C27H32N2O6S/c1-17(16-30)29-23-25(32)28(18-9-11-19(34-2)12-10-18)14-7-13-27(23)22(24(29)31)21-20(36-27)8-5-3-4-6-15-35-26(21)33/h5,7-13,17,20-23,30H,3-4,6,14-16H2,1-2H3/b8-5-/t17-,20-,21+,22+,23?,27+/m1/s1. The molecule has 1 spiro atoms. The Bertz CT molecular complexity index is 1090. The first-order chi connectivity index (χ1) is 17.4. The first-order valence-electron chi connectivity index (χ1n) is 12.5. The van der Waals surface area contributed by atoms with E-state index in [-0.39, 0.29) is 29.6 Å². The minimum atomic E-state index is -0.939. The molecule has 0 aliphatic carbocycles. The predicted octanol–water partition coefficient (Wildman–Crippen LogP) is 2.56. The average Bonchev–Trinajstić information content (AvgIpc) is 3.28. The van der Waals surface area contributed by atoms with Gasteiger partial charge in [-0.25, -0.2) is 0 Å². The number of thioether (sulfide) groups is 1. The first kappa shape index (κ1) is 24.9. The Kier molecular flexibility index (Phi) is 6.87. The van der Waals surface area contributed by atoms with Crippen molar-refractivity contribution in [3.63, 3.8) is 0 Å². The van der Waals surface area contributed by atoms with Crippen molar-refractivity contribution < 1.29 is 29.0 Å². The van der Waals surface area contributed by atoms with E-state index in [1.54, 1.807) is 31.1 Å². The number of methoxy groups -OCH3 is 1. The summed E-state index contributed by atoms with van der Waals surface area (Å²) in [6.45, 7) is 2.12. The van der Waals surface area contributed by atoms with Gasteiger partial charge >= 0.3 is 5.97 Å². The SMILES string of the molecule is COc1ccc(N2CC=C[C@]34S[C@@H]5/C=C\CCCCOC(=O)[C@@H]5[C@H]3C(=O)N([C@H](C)CO)C4C2=O)cc1. The van der Waals surface area contributed by atoms with Gasteiger partial charge in [0.1, 0.15) is 11.8 Å². The van der Waals surface area contributed by atoms with Crippen LogP contribution < -0.4 is 9.64 Å². The quantitative estimate of drug-likeness (QED) is 0.489. The number of rotatable bonds is 4. The maximum Gasteiger partial charge on any atom is 0.311 e. The molecule has 192 valence electrons. The maximum absolute atomic E-state index is 14.3. The van der Waals surface area contributed by atoms with Crippen molar-refractivity contribution in [3.8, 4) is 5.75 Å². The highest BCUT2D eigenvalue weighted by Gasteiger charge is 2.71. The summed E-state index contributed by atoms with van der Waals surface area (Å²) >= 11 is 1.51. The van der Waals surface area contributed by atoms with Gasteiger partial charge < -0.3 is 24.4 Å². The zero-order chi connectivity index (χ0) is 25.4. The molecule has 6 atom stereocenters. The highest BCUT2D eigenvalue weighted by atomic mass is 32.2. The molecule has 4 aliphatic rings. The molecule has 36 heavy (non-hydrogen) atoms. The molecule has 0 saturated carbocycles. The summed E-state index contributed by atoms with van der Waals surface area (Å²) < 4.78 is 9.94.